The molecule has 2 heterocycles. The fourth-order valence-electron chi connectivity index (χ4n) is 4.14. The van der Waals surface area contributed by atoms with E-state index in [1.165, 1.54) is 11.1 Å². The highest BCUT2D eigenvalue weighted by Crippen LogP contribution is 2.30. The van der Waals surface area contributed by atoms with E-state index in [1.807, 2.05) is 6.20 Å². The van der Waals surface area contributed by atoms with Crippen molar-refractivity contribution >= 4 is 34.0 Å². The lowest BCUT2D eigenvalue weighted by Crippen LogP contribution is -2.29. The molecule has 0 radical (unpaired) electrons. The SMILES string of the molecule is O=C(O)c1ccc(Cl)c2[nH]cc(CCCCN3CC=C(c4ccccc4)CC3)c12. The second-order valence-electron chi connectivity index (χ2n) is 7.57. The van der Waals surface area contributed by atoms with E-state index in [2.05, 4.69) is 46.3 Å². The third-order valence-electron chi connectivity index (χ3n) is 5.71. The molecular formula is C24H25ClN2O2. The van der Waals surface area contributed by atoms with E-state index in [1.54, 1.807) is 12.1 Å². The molecular weight excluding hydrogens is 384 g/mol. The fraction of sp³-hybridized carbons (Fsp3) is 0.292. The Morgan fingerprint density at radius 1 is 1.14 bits per heavy atom. The van der Waals surface area contributed by atoms with Gasteiger partial charge in [-0.05, 0) is 61.1 Å². The first-order valence-electron chi connectivity index (χ1n) is 10.1. The summed E-state index contributed by atoms with van der Waals surface area (Å²) in [5.74, 6) is -0.915. The Balaban J connectivity index is 1.32. The predicted molar refractivity (Wildman–Crippen MR) is 119 cm³/mol. The number of halogens is 1. The number of carboxylic acids is 1. The summed E-state index contributed by atoms with van der Waals surface area (Å²) in [4.78, 5) is 17.2. The van der Waals surface area contributed by atoms with Gasteiger partial charge in [-0.1, -0.05) is 48.0 Å². The molecule has 0 saturated carbocycles. The standard InChI is InChI=1S/C24H25ClN2O2/c25-21-10-9-20(24(28)29)22-19(16-26-23(21)22)8-4-5-13-27-14-11-18(12-15-27)17-6-2-1-3-7-17/h1-3,6-7,9-11,16,26H,4-5,8,12-15H2,(H,28,29). The van der Waals surface area contributed by atoms with Gasteiger partial charge in [0.05, 0.1) is 16.1 Å². The molecule has 0 amide bonds. The molecule has 0 saturated heterocycles. The van der Waals surface area contributed by atoms with Crippen LogP contribution in [0.25, 0.3) is 16.5 Å². The van der Waals surface area contributed by atoms with Crippen molar-refractivity contribution < 1.29 is 9.90 Å². The van der Waals surface area contributed by atoms with E-state index in [9.17, 15) is 9.90 Å². The molecule has 2 aromatic carbocycles. The Kier molecular flexibility index (Phi) is 6.02. The molecule has 150 valence electrons. The van der Waals surface area contributed by atoms with Crippen LogP contribution in [0.3, 0.4) is 0 Å². The Morgan fingerprint density at radius 3 is 2.69 bits per heavy atom. The molecule has 0 fully saturated rings. The number of fused-ring (bicyclic) bond motifs is 1. The van der Waals surface area contributed by atoms with Crippen molar-refractivity contribution in [1.82, 2.24) is 9.88 Å². The summed E-state index contributed by atoms with van der Waals surface area (Å²) < 4.78 is 0. The fourth-order valence-corrected chi connectivity index (χ4v) is 4.35. The second kappa shape index (κ2) is 8.85. The number of hydrogen-bond donors (Lipinski definition) is 2. The summed E-state index contributed by atoms with van der Waals surface area (Å²) in [6, 6.07) is 13.8. The molecule has 3 aromatic rings. The van der Waals surface area contributed by atoms with E-state index >= 15 is 0 Å². The van der Waals surface area contributed by atoms with Crippen molar-refractivity contribution in [3.05, 3.63) is 76.5 Å². The number of benzene rings is 2. The first-order valence-corrected chi connectivity index (χ1v) is 10.5. The van der Waals surface area contributed by atoms with Gasteiger partial charge >= 0.3 is 5.97 Å². The minimum atomic E-state index is -0.915. The van der Waals surface area contributed by atoms with Gasteiger partial charge in [0.2, 0.25) is 0 Å². The van der Waals surface area contributed by atoms with Gasteiger partial charge in [0.1, 0.15) is 0 Å². The van der Waals surface area contributed by atoms with Crippen LogP contribution in [-0.2, 0) is 6.42 Å². The number of unbranched alkanes of at least 4 members (excludes halogenated alkanes) is 1. The van der Waals surface area contributed by atoms with Crippen molar-refractivity contribution in [2.24, 2.45) is 0 Å². The van der Waals surface area contributed by atoms with Crippen LogP contribution in [0.1, 0.15) is 40.7 Å². The lowest BCUT2D eigenvalue weighted by molar-refractivity contribution is 0.0699. The second-order valence-corrected chi connectivity index (χ2v) is 7.97. The number of aromatic amines is 1. The Morgan fingerprint density at radius 2 is 1.97 bits per heavy atom. The van der Waals surface area contributed by atoms with Crippen LogP contribution in [0.2, 0.25) is 5.02 Å². The van der Waals surface area contributed by atoms with Crippen LogP contribution in [0.5, 0.6) is 0 Å². The van der Waals surface area contributed by atoms with E-state index < -0.39 is 5.97 Å². The van der Waals surface area contributed by atoms with Gasteiger partial charge in [-0.15, -0.1) is 0 Å². The summed E-state index contributed by atoms with van der Waals surface area (Å²) in [5, 5.41) is 10.8. The highest BCUT2D eigenvalue weighted by molar-refractivity contribution is 6.35. The van der Waals surface area contributed by atoms with E-state index in [0.717, 1.165) is 61.8 Å². The number of carboxylic acid groups (broad SMARTS) is 1. The summed E-state index contributed by atoms with van der Waals surface area (Å²) in [6.45, 7) is 3.15. The molecule has 29 heavy (non-hydrogen) atoms. The van der Waals surface area contributed by atoms with Crippen LogP contribution in [0, 0.1) is 0 Å². The molecule has 4 rings (SSSR count). The topological polar surface area (TPSA) is 56.3 Å². The zero-order chi connectivity index (χ0) is 20.2. The van der Waals surface area contributed by atoms with Crippen molar-refractivity contribution in [3.63, 3.8) is 0 Å². The molecule has 2 N–H and O–H groups in total. The largest absolute Gasteiger partial charge is 0.478 e. The minimum absolute atomic E-state index is 0.315. The minimum Gasteiger partial charge on any atom is -0.478 e. The van der Waals surface area contributed by atoms with E-state index in [4.69, 9.17) is 11.6 Å². The maximum absolute atomic E-state index is 11.6. The third kappa shape index (κ3) is 4.39. The monoisotopic (exact) mass is 408 g/mol. The zero-order valence-electron chi connectivity index (χ0n) is 16.3. The number of nitrogens with one attached hydrogen (secondary N) is 1. The average Bonchev–Trinajstić information content (AvgIpc) is 3.17. The summed E-state index contributed by atoms with van der Waals surface area (Å²) >= 11 is 6.23. The van der Waals surface area contributed by atoms with Crippen LogP contribution >= 0.6 is 11.6 Å². The molecule has 4 nitrogen and oxygen atoms in total. The van der Waals surface area contributed by atoms with Gasteiger partial charge < -0.3 is 10.1 Å². The summed E-state index contributed by atoms with van der Waals surface area (Å²) in [5.41, 5.74) is 4.84. The van der Waals surface area contributed by atoms with Crippen LogP contribution in [0.4, 0.5) is 0 Å². The lowest BCUT2D eigenvalue weighted by atomic mass is 9.99. The number of aryl methyl sites for hydroxylation is 1. The number of H-pyrrole nitrogens is 1. The van der Waals surface area contributed by atoms with Crippen LogP contribution in [0.15, 0.2) is 54.7 Å². The molecule has 1 aromatic heterocycles. The molecule has 1 aliphatic heterocycles. The third-order valence-corrected chi connectivity index (χ3v) is 6.02. The van der Waals surface area contributed by atoms with Crippen molar-refractivity contribution in [1.29, 1.82) is 0 Å². The number of aromatic nitrogens is 1. The van der Waals surface area contributed by atoms with E-state index in [-0.39, 0.29) is 0 Å². The van der Waals surface area contributed by atoms with Crippen LogP contribution < -0.4 is 0 Å². The van der Waals surface area contributed by atoms with Gasteiger partial charge in [0, 0.05) is 24.7 Å². The van der Waals surface area contributed by atoms with Crippen molar-refractivity contribution in [2.45, 2.75) is 25.7 Å². The van der Waals surface area contributed by atoms with Gasteiger partial charge in [0.25, 0.3) is 0 Å². The van der Waals surface area contributed by atoms with Gasteiger partial charge in [-0.3, -0.25) is 4.90 Å². The summed E-state index contributed by atoms with van der Waals surface area (Å²) in [6.07, 6.45) is 8.29. The number of nitrogens with zero attached hydrogens (tertiary/aromatic N) is 1. The average molecular weight is 409 g/mol. The number of carbonyl (C=O) groups is 1. The maximum Gasteiger partial charge on any atom is 0.336 e. The van der Waals surface area contributed by atoms with E-state index in [0.29, 0.717) is 10.6 Å². The Hall–Kier alpha value is -2.56. The smallest absolute Gasteiger partial charge is 0.336 e. The summed E-state index contributed by atoms with van der Waals surface area (Å²) in [7, 11) is 0. The quantitative estimate of drug-likeness (QED) is 0.498. The molecule has 0 aliphatic carbocycles. The number of rotatable bonds is 7. The Bertz CT molecular complexity index is 1040. The van der Waals surface area contributed by atoms with Crippen molar-refractivity contribution in [2.75, 3.05) is 19.6 Å². The van der Waals surface area contributed by atoms with Gasteiger partial charge in [-0.2, -0.15) is 0 Å². The predicted octanol–water partition coefficient (Wildman–Crippen LogP) is 5.63. The molecule has 1 aliphatic rings. The Labute approximate surface area is 175 Å². The molecule has 5 heteroatoms. The molecule has 0 bridgehead atoms. The molecule has 0 atom stereocenters. The first-order chi connectivity index (χ1) is 14.1. The van der Waals surface area contributed by atoms with Crippen molar-refractivity contribution in [3.8, 4) is 0 Å². The molecule has 0 unspecified atom stereocenters. The highest BCUT2D eigenvalue weighted by Gasteiger charge is 2.16. The van der Waals surface area contributed by atoms with Gasteiger partial charge in [-0.25, -0.2) is 4.79 Å². The highest BCUT2D eigenvalue weighted by atomic mass is 35.5. The number of hydrogen-bond acceptors (Lipinski definition) is 2. The van der Waals surface area contributed by atoms with Crippen LogP contribution in [-0.4, -0.2) is 40.6 Å². The number of aromatic carboxylic acids is 1. The molecule has 0 spiro atoms. The van der Waals surface area contributed by atoms with Gasteiger partial charge in [0.15, 0.2) is 0 Å². The zero-order valence-corrected chi connectivity index (χ0v) is 17.1. The first kappa shape index (κ1) is 19.7. The maximum atomic E-state index is 11.6. The normalized spacial score (nSPS) is 14.9. The lowest BCUT2D eigenvalue weighted by Gasteiger charge is -2.26.